The Labute approximate surface area is 96.5 Å². The van der Waals surface area contributed by atoms with E-state index in [9.17, 15) is 13.2 Å². The third-order valence-electron chi connectivity index (χ3n) is 3.47. The number of amides is 1. The van der Waals surface area contributed by atoms with E-state index in [2.05, 4.69) is 0 Å². The van der Waals surface area contributed by atoms with Crippen molar-refractivity contribution in [2.24, 2.45) is 5.92 Å². The summed E-state index contributed by atoms with van der Waals surface area (Å²) >= 11 is 0. The van der Waals surface area contributed by atoms with Gasteiger partial charge >= 0.3 is 0 Å². The monoisotopic (exact) mass is 246 g/mol. The molecule has 5 nitrogen and oxygen atoms in total. The zero-order valence-electron chi connectivity index (χ0n) is 9.55. The SMILES string of the molecule is CS(=O)(=O)N1CCN(C(=O)C2CCC2)CC1. The van der Waals surface area contributed by atoms with E-state index in [0.29, 0.717) is 26.2 Å². The van der Waals surface area contributed by atoms with Crippen molar-refractivity contribution in [1.82, 2.24) is 9.21 Å². The molecule has 0 atom stereocenters. The number of hydrogen-bond donors (Lipinski definition) is 0. The molecule has 0 bridgehead atoms. The van der Waals surface area contributed by atoms with Crippen molar-refractivity contribution in [2.75, 3.05) is 32.4 Å². The van der Waals surface area contributed by atoms with Gasteiger partial charge in [0.25, 0.3) is 0 Å². The molecule has 0 unspecified atom stereocenters. The number of hydrogen-bond acceptors (Lipinski definition) is 3. The lowest BCUT2D eigenvalue weighted by Gasteiger charge is -2.37. The summed E-state index contributed by atoms with van der Waals surface area (Å²) in [5.74, 6) is 0.434. The van der Waals surface area contributed by atoms with Gasteiger partial charge in [-0.15, -0.1) is 0 Å². The number of piperazine rings is 1. The molecule has 1 amide bonds. The predicted molar refractivity (Wildman–Crippen MR) is 60.3 cm³/mol. The smallest absolute Gasteiger partial charge is 0.225 e. The van der Waals surface area contributed by atoms with E-state index >= 15 is 0 Å². The highest BCUT2D eigenvalue weighted by atomic mass is 32.2. The fraction of sp³-hybridized carbons (Fsp3) is 0.900. The molecule has 16 heavy (non-hydrogen) atoms. The highest BCUT2D eigenvalue weighted by Gasteiger charge is 2.32. The molecule has 1 heterocycles. The van der Waals surface area contributed by atoms with Crippen LogP contribution in [0.5, 0.6) is 0 Å². The summed E-state index contributed by atoms with van der Waals surface area (Å²) < 4.78 is 24.0. The van der Waals surface area contributed by atoms with Gasteiger partial charge in [-0.1, -0.05) is 6.42 Å². The van der Waals surface area contributed by atoms with Gasteiger partial charge in [-0.2, -0.15) is 4.31 Å². The largest absolute Gasteiger partial charge is 0.340 e. The van der Waals surface area contributed by atoms with Crippen LogP contribution < -0.4 is 0 Å². The highest BCUT2D eigenvalue weighted by molar-refractivity contribution is 7.88. The molecule has 2 aliphatic rings. The summed E-state index contributed by atoms with van der Waals surface area (Å²) in [4.78, 5) is 13.7. The van der Waals surface area contributed by atoms with E-state index in [1.54, 1.807) is 0 Å². The second-order valence-corrected chi connectivity index (χ2v) is 6.60. The van der Waals surface area contributed by atoms with Gasteiger partial charge in [-0.3, -0.25) is 4.79 Å². The molecule has 2 fully saturated rings. The number of carbonyl (C=O) groups excluding carboxylic acids is 1. The molecular weight excluding hydrogens is 228 g/mol. The minimum absolute atomic E-state index is 0.213. The Morgan fingerprint density at radius 3 is 2.06 bits per heavy atom. The van der Waals surface area contributed by atoms with E-state index < -0.39 is 10.0 Å². The first-order valence-electron chi connectivity index (χ1n) is 5.72. The normalized spacial score (nSPS) is 24.2. The Hall–Kier alpha value is -0.620. The van der Waals surface area contributed by atoms with Crippen molar-refractivity contribution in [3.63, 3.8) is 0 Å². The third kappa shape index (κ3) is 2.38. The molecule has 1 saturated carbocycles. The lowest BCUT2D eigenvalue weighted by Crippen LogP contribution is -2.52. The lowest BCUT2D eigenvalue weighted by molar-refractivity contribution is -0.139. The lowest BCUT2D eigenvalue weighted by atomic mass is 9.84. The summed E-state index contributed by atoms with van der Waals surface area (Å²) in [7, 11) is -3.09. The van der Waals surface area contributed by atoms with Gasteiger partial charge in [0.15, 0.2) is 0 Å². The third-order valence-corrected chi connectivity index (χ3v) is 4.78. The van der Waals surface area contributed by atoms with Crippen LogP contribution >= 0.6 is 0 Å². The molecule has 0 aromatic carbocycles. The van der Waals surface area contributed by atoms with Gasteiger partial charge < -0.3 is 4.90 Å². The summed E-state index contributed by atoms with van der Waals surface area (Å²) in [6, 6.07) is 0. The van der Waals surface area contributed by atoms with Crippen molar-refractivity contribution < 1.29 is 13.2 Å². The van der Waals surface area contributed by atoms with Gasteiger partial charge in [0.2, 0.25) is 15.9 Å². The molecule has 6 heteroatoms. The number of nitrogens with zero attached hydrogens (tertiary/aromatic N) is 2. The molecule has 0 spiro atoms. The Morgan fingerprint density at radius 1 is 1.12 bits per heavy atom. The van der Waals surface area contributed by atoms with E-state index in [4.69, 9.17) is 0 Å². The first-order chi connectivity index (χ1) is 7.48. The average molecular weight is 246 g/mol. The van der Waals surface area contributed by atoms with Crippen LogP contribution in [0.2, 0.25) is 0 Å². The summed E-state index contributed by atoms with van der Waals surface area (Å²) in [6.45, 7) is 1.97. The van der Waals surface area contributed by atoms with Crippen LogP contribution in [-0.4, -0.2) is 56.0 Å². The van der Waals surface area contributed by atoms with Gasteiger partial charge in [0.1, 0.15) is 0 Å². The zero-order chi connectivity index (χ0) is 11.8. The van der Waals surface area contributed by atoms with Crippen molar-refractivity contribution in [2.45, 2.75) is 19.3 Å². The minimum Gasteiger partial charge on any atom is -0.340 e. The predicted octanol–water partition coefficient (Wildman–Crippen LogP) is -0.110. The Bertz CT molecular complexity index is 368. The molecule has 0 radical (unpaired) electrons. The molecular formula is C10H18N2O3S. The fourth-order valence-electron chi connectivity index (χ4n) is 2.15. The fourth-order valence-corrected chi connectivity index (χ4v) is 2.98. The molecule has 1 aliphatic heterocycles. The van der Waals surface area contributed by atoms with Crippen LogP contribution in [0.4, 0.5) is 0 Å². The van der Waals surface area contributed by atoms with Gasteiger partial charge in [0, 0.05) is 32.1 Å². The quantitative estimate of drug-likeness (QED) is 0.683. The standard InChI is InChI=1S/C10H18N2O3S/c1-16(14,15)12-7-5-11(6-8-12)10(13)9-3-2-4-9/h9H,2-8H2,1H3. The maximum Gasteiger partial charge on any atom is 0.225 e. The maximum absolute atomic E-state index is 11.9. The molecule has 0 aromatic rings. The minimum atomic E-state index is -3.09. The average Bonchev–Trinajstić information content (AvgIpc) is 2.14. The number of sulfonamides is 1. The van der Waals surface area contributed by atoms with Crippen LogP contribution in [-0.2, 0) is 14.8 Å². The number of carbonyl (C=O) groups is 1. The van der Waals surface area contributed by atoms with E-state index in [-0.39, 0.29) is 11.8 Å². The summed E-state index contributed by atoms with van der Waals surface area (Å²) in [6.07, 6.45) is 4.38. The summed E-state index contributed by atoms with van der Waals surface area (Å²) in [5.41, 5.74) is 0. The van der Waals surface area contributed by atoms with Crippen molar-refractivity contribution in [3.8, 4) is 0 Å². The maximum atomic E-state index is 11.9. The van der Waals surface area contributed by atoms with Crippen LogP contribution in [0.15, 0.2) is 0 Å². The van der Waals surface area contributed by atoms with Crippen LogP contribution in [0.25, 0.3) is 0 Å². The van der Waals surface area contributed by atoms with Crippen molar-refractivity contribution in [1.29, 1.82) is 0 Å². The first-order valence-corrected chi connectivity index (χ1v) is 7.57. The van der Waals surface area contributed by atoms with E-state index in [0.717, 1.165) is 19.3 Å². The van der Waals surface area contributed by atoms with Gasteiger partial charge in [-0.25, -0.2) is 8.42 Å². The highest BCUT2D eigenvalue weighted by Crippen LogP contribution is 2.28. The van der Waals surface area contributed by atoms with Crippen LogP contribution in [0.1, 0.15) is 19.3 Å². The molecule has 92 valence electrons. The molecule has 0 N–H and O–H groups in total. The van der Waals surface area contributed by atoms with E-state index in [1.165, 1.54) is 10.6 Å². The molecule has 0 aromatic heterocycles. The van der Waals surface area contributed by atoms with Crippen LogP contribution in [0, 0.1) is 5.92 Å². The molecule has 1 saturated heterocycles. The Balaban J connectivity index is 1.87. The van der Waals surface area contributed by atoms with Crippen LogP contribution in [0.3, 0.4) is 0 Å². The van der Waals surface area contributed by atoms with Crippen molar-refractivity contribution >= 4 is 15.9 Å². The zero-order valence-corrected chi connectivity index (χ0v) is 10.4. The van der Waals surface area contributed by atoms with Crippen molar-refractivity contribution in [3.05, 3.63) is 0 Å². The Morgan fingerprint density at radius 2 is 1.69 bits per heavy atom. The van der Waals surface area contributed by atoms with Gasteiger partial charge in [-0.05, 0) is 12.8 Å². The number of rotatable bonds is 2. The topological polar surface area (TPSA) is 57.7 Å². The van der Waals surface area contributed by atoms with Gasteiger partial charge in [0.05, 0.1) is 6.26 Å². The summed E-state index contributed by atoms with van der Waals surface area (Å²) in [5, 5.41) is 0. The first kappa shape index (κ1) is 11.9. The second-order valence-electron chi connectivity index (χ2n) is 4.62. The van der Waals surface area contributed by atoms with E-state index in [1.807, 2.05) is 4.90 Å². The molecule has 1 aliphatic carbocycles. The molecule has 2 rings (SSSR count). The second kappa shape index (κ2) is 4.33. The Kier molecular flexibility index (Phi) is 3.21.